The minimum Gasteiger partial charge on any atom is -0.489 e. The zero-order valence-corrected chi connectivity index (χ0v) is 16.3. The number of hydrogen-bond acceptors (Lipinski definition) is 8. The van der Waals surface area contributed by atoms with E-state index < -0.39 is 0 Å². The first-order valence-electron chi connectivity index (χ1n) is 9.63. The first-order chi connectivity index (χ1) is 14.6. The second-order valence-corrected chi connectivity index (χ2v) is 7.15. The number of halogens is 1. The van der Waals surface area contributed by atoms with Crippen molar-refractivity contribution in [1.82, 2.24) is 25.7 Å². The van der Waals surface area contributed by atoms with E-state index in [1.165, 1.54) is 18.3 Å². The van der Waals surface area contributed by atoms with Crippen LogP contribution in [0.2, 0.25) is 0 Å². The van der Waals surface area contributed by atoms with Crippen molar-refractivity contribution in [3.05, 3.63) is 53.5 Å². The van der Waals surface area contributed by atoms with Crippen molar-refractivity contribution in [3.63, 3.8) is 0 Å². The Morgan fingerprint density at radius 3 is 2.93 bits per heavy atom. The molecule has 0 aliphatic carbocycles. The van der Waals surface area contributed by atoms with Gasteiger partial charge in [0.2, 0.25) is 5.65 Å². The lowest BCUT2D eigenvalue weighted by atomic mass is 10.1. The molecule has 156 valence electrons. The van der Waals surface area contributed by atoms with Crippen LogP contribution in [0.1, 0.15) is 12.0 Å². The van der Waals surface area contributed by atoms with Gasteiger partial charge in [0, 0.05) is 31.6 Å². The predicted molar refractivity (Wildman–Crippen MR) is 113 cm³/mol. The lowest BCUT2D eigenvalue weighted by molar-refractivity contribution is 0.220. The van der Waals surface area contributed by atoms with Gasteiger partial charge >= 0.3 is 0 Å². The maximum atomic E-state index is 13.0. The number of hydrogen-bond donors (Lipinski definition) is 4. The molecule has 10 heteroatoms. The Hall–Kier alpha value is -3.53. The third-order valence-electron chi connectivity index (χ3n) is 4.88. The van der Waals surface area contributed by atoms with Gasteiger partial charge in [-0.15, -0.1) is 5.10 Å². The SMILES string of the molecule is NC=C(C=NC[C@H]1C[C@H](Oc2ccc(F)cc2)CN1)Cc1cc(N)nc2n[nH]nc12. The van der Waals surface area contributed by atoms with Crippen LogP contribution in [0.5, 0.6) is 5.75 Å². The highest BCUT2D eigenvalue weighted by molar-refractivity contribution is 5.82. The fraction of sp³-hybridized carbons (Fsp3) is 0.300. The van der Waals surface area contributed by atoms with Gasteiger partial charge in [-0.25, -0.2) is 9.37 Å². The van der Waals surface area contributed by atoms with Crippen molar-refractivity contribution in [1.29, 1.82) is 0 Å². The molecule has 1 aliphatic heterocycles. The highest BCUT2D eigenvalue weighted by Gasteiger charge is 2.25. The minimum absolute atomic E-state index is 0.0282. The minimum atomic E-state index is -0.276. The van der Waals surface area contributed by atoms with Crippen molar-refractivity contribution < 1.29 is 9.13 Å². The number of H-pyrrole nitrogens is 1. The van der Waals surface area contributed by atoms with Crippen LogP contribution in [0, 0.1) is 5.82 Å². The normalized spacial score (nSPS) is 19.7. The fourth-order valence-electron chi connectivity index (χ4n) is 3.44. The van der Waals surface area contributed by atoms with E-state index in [0.29, 0.717) is 35.7 Å². The quantitative estimate of drug-likeness (QED) is 0.431. The molecule has 0 unspecified atom stereocenters. The number of aliphatic imine (C=N–C) groups is 1. The number of nitrogens with zero attached hydrogens (tertiary/aromatic N) is 4. The Kier molecular flexibility index (Phi) is 5.84. The number of ether oxygens (including phenoxy) is 1. The number of rotatable bonds is 7. The Morgan fingerprint density at radius 2 is 2.13 bits per heavy atom. The van der Waals surface area contributed by atoms with Crippen LogP contribution >= 0.6 is 0 Å². The van der Waals surface area contributed by atoms with Crippen molar-refractivity contribution in [3.8, 4) is 5.75 Å². The molecule has 3 heterocycles. The first-order valence-corrected chi connectivity index (χ1v) is 9.63. The smallest absolute Gasteiger partial charge is 0.203 e. The third-order valence-corrected chi connectivity index (χ3v) is 4.88. The fourth-order valence-corrected chi connectivity index (χ4v) is 3.44. The number of allylic oxidation sites excluding steroid dienone is 1. The standard InChI is InChI=1S/C20H23FN8O/c21-14-1-3-16(4-2-14)30-17-7-15(25-11-17)10-24-9-12(8-22)5-13-6-18(23)26-20-19(13)27-29-28-20/h1-4,6,8-9,15,17,25H,5,7,10-11,22H2,(H3,23,26,27,28,29)/t15-,17+/m1/s1. The molecule has 0 saturated carbocycles. The maximum absolute atomic E-state index is 13.0. The number of nitrogens with one attached hydrogen (secondary N) is 2. The number of aromatic nitrogens is 4. The summed E-state index contributed by atoms with van der Waals surface area (Å²) in [7, 11) is 0. The summed E-state index contributed by atoms with van der Waals surface area (Å²) in [5.74, 6) is 0.764. The Bertz CT molecular complexity index is 1060. The summed E-state index contributed by atoms with van der Waals surface area (Å²) >= 11 is 0. The van der Waals surface area contributed by atoms with E-state index in [2.05, 4.69) is 30.7 Å². The number of anilines is 1. The zero-order chi connectivity index (χ0) is 20.9. The largest absolute Gasteiger partial charge is 0.489 e. The summed E-state index contributed by atoms with van der Waals surface area (Å²) in [6.45, 7) is 1.32. The van der Waals surface area contributed by atoms with Crippen LogP contribution in [0.15, 0.2) is 47.1 Å². The Labute approximate surface area is 172 Å². The highest BCUT2D eigenvalue weighted by atomic mass is 19.1. The molecule has 6 N–H and O–H groups in total. The van der Waals surface area contributed by atoms with Crippen molar-refractivity contribution >= 4 is 23.2 Å². The lowest BCUT2D eigenvalue weighted by Crippen LogP contribution is -2.24. The van der Waals surface area contributed by atoms with Crippen LogP contribution in [0.4, 0.5) is 10.2 Å². The van der Waals surface area contributed by atoms with E-state index in [4.69, 9.17) is 16.2 Å². The molecule has 0 spiro atoms. The van der Waals surface area contributed by atoms with Gasteiger partial charge in [-0.3, -0.25) is 4.99 Å². The van der Waals surface area contributed by atoms with Gasteiger partial charge in [0.25, 0.3) is 0 Å². The highest BCUT2D eigenvalue weighted by Crippen LogP contribution is 2.19. The van der Waals surface area contributed by atoms with Crippen LogP contribution in [-0.4, -0.2) is 51.8 Å². The van der Waals surface area contributed by atoms with Crippen LogP contribution in [-0.2, 0) is 6.42 Å². The van der Waals surface area contributed by atoms with Crippen LogP contribution in [0.3, 0.4) is 0 Å². The number of aromatic amines is 1. The summed E-state index contributed by atoms with van der Waals surface area (Å²) in [6.07, 6.45) is 4.65. The number of pyridine rings is 1. The molecular weight excluding hydrogens is 387 g/mol. The van der Waals surface area contributed by atoms with Gasteiger partial charge in [0.15, 0.2) is 0 Å². The van der Waals surface area contributed by atoms with Gasteiger partial charge < -0.3 is 21.5 Å². The molecule has 9 nitrogen and oxygen atoms in total. The van der Waals surface area contributed by atoms with E-state index in [1.807, 2.05) is 0 Å². The van der Waals surface area contributed by atoms with Crippen LogP contribution < -0.4 is 21.5 Å². The average molecular weight is 410 g/mol. The molecule has 3 aromatic rings. The summed E-state index contributed by atoms with van der Waals surface area (Å²) in [6, 6.07) is 8.02. The van der Waals surface area contributed by atoms with E-state index >= 15 is 0 Å². The summed E-state index contributed by atoms with van der Waals surface area (Å²) in [5, 5.41) is 14.1. The molecule has 0 bridgehead atoms. The molecule has 2 aromatic heterocycles. The van der Waals surface area contributed by atoms with Crippen molar-refractivity contribution in [2.75, 3.05) is 18.8 Å². The molecule has 1 aliphatic rings. The molecule has 1 fully saturated rings. The summed E-state index contributed by atoms with van der Waals surface area (Å²) < 4.78 is 18.9. The number of fused-ring (bicyclic) bond motifs is 1. The van der Waals surface area contributed by atoms with E-state index in [0.717, 1.165) is 24.1 Å². The van der Waals surface area contributed by atoms with Gasteiger partial charge in [-0.2, -0.15) is 10.3 Å². The van der Waals surface area contributed by atoms with E-state index in [1.54, 1.807) is 24.4 Å². The van der Waals surface area contributed by atoms with Gasteiger partial charge in [0.05, 0.1) is 6.54 Å². The Balaban J connectivity index is 1.31. The number of nitrogen functional groups attached to an aromatic ring is 1. The average Bonchev–Trinajstić information content (AvgIpc) is 3.38. The van der Waals surface area contributed by atoms with Crippen molar-refractivity contribution in [2.24, 2.45) is 10.7 Å². The zero-order valence-electron chi connectivity index (χ0n) is 16.3. The van der Waals surface area contributed by atoms with Crippen molar-refractivity contribution in [2.45, 2.75) is 25.0 Å². The predicted octanol–water partition coefficient (Wildman–Crippen LogP) is 1.34. The monoisotopic (exact) mass is 410 g/mol. The van der Waals surface area contributed by atoms with Gasteiger partial charge in [-0.1, -0.05) is 0 Å². The second kappa shape index (κ2) is 8.87. The summed E-state index contributed by atoms with van der Waals surface area (Å²) in [4.78, 5) is 8.67. The molecule has 1 aromatic carbocycles. The molecule has 30 heavy (non-hydrogen) atoms. The van der Waals surface area contributed by atoms with Crippen LogP contribution in [0.25, 0.3) is 11.2 Å². The molecule has 0 amide bonds. The number of nitrogens with two attached hydrogens (primary N) is 2. The summed E-state index contributed by atoms with van der Waals surface area (Å²) in [5.41, 5.74) is 14.5. The van der Waals surface area contributed by atoms with Gasteiger partial charge in [0.1, 0.15) is 29.0 Å². The maximum Gasteiger partial charge on any atom is 0.203 e. The second-order valence-electron chi connectivity index (χ2n) is 7.15. The third kappa shape index (κ3) is 4.71. The first kappa shape index (κ1) is 19.8. The lowest BCUT2D eigenvalue weighted by Gasteiger charge is -2.12. The molecule has 1 saturated heterocycles. The van der Waals surface area contributed by atoms with E-state index in [9.17, 15) is 4.39 Å². The van der Waals surface area contributed by atoms with E-state index in [-0.39, 0.29) is 18.0 Å². The topological polar surface area (TPSA) is 140 Å². The molecule has 0 radical (unpaired) electrons. The van der Waals surface area contributed by atoms with Gasteiger partial charge in [-0.05, 0) is 47.7 Å². The molecule has 2 atom stereocenters. The Morgan fingerprint density at radius 1 is 1.30 bits per heavy atom. The number of benzene rings is 1. The molecular formula is C20H23FN8O. The molecule has 4 rings (SSSR count).